The van der Waals surface area contributed by atoms with Gasteiger partial charge >= 0.3 is 6.09 Å². The van der Waals surface area contributed by atoms with Crippen LogP contribution in [0.5, 0.6) is 5.88 Å². The maximum Gasteiger partial charge on any atom is 0.410 e. The molecule has 1 aliphatic rings. The third kappa shape index (κ3) is 4.50. The lowest BCUT2D eigenvalue weighted by Gasteiger charge is -2.26. The normalized spacial score (nSPS) is 19.7. The topological polar surface area (TPSA) is 56.6 Å². The highest BCUT2D eigenvalue weighted by atomic mass is 127. The molecule has 0 saturated carbocycles. The summed E-state index contributed by atoms with van der Waals surface area (Å²) in [4.78, 5) is 14.0. The number of likely N-dealkylation sites (tertiary alicyclic amines) is 1. The predicted octanol–water partition coefficient (Wildman–Crippen LogP) is 3.46. The highest BCUT2D eigenvalue weighted by Crippen LogP contribution is 2.27. The lowest BCUT2D eigenvalue weighted by molar-refractivity contribution is 0.0255. The van der Waals surface area contributed by atoms with Gasteiger partial charge in [0.15, 0.2) is 0 Å². The number of carbonyl (C=O) groups is 1. The molecule has 2 heterocycles. The molecule has 1 unspecified atom stereocenters. The Morgan fingerprint density at radius 3 is 2.68 bits per heavy atom. The van der Waals surface area contributed by atoms with Gasteiger partial charge in [-0.1, -0.05) is 0 Å². The Hall–Kier alpha value is -0.990. The van der Waals surface area contributed by atoms with E-state index in [1.54, 1.807) is 12.0 Å². The maximum absolute atomic E-state index is 12.2. The second kappa shape index (κ2) is 7.06. The van der Waals surface area contributed by atoms with Crippen LogP contribution in [-0.4, -0.2) is 46.6 Å². The highest BCUT2D eigenvalue weighted by Gasteiger charge is 2.26. The SMILES string of the molecule is COc1nn(C2CCCN(C(=O)OC(C)(C)C)CC2)cc1I. The van der Waals surface area contributed by atoms with Gasteiger partial charge in [0, 0.05) is 19.3 Å². The fraction of sp³-hybridized carbons (Fsp3) is 0.733. The molecule has 22 heavy (non-hydrogen) atoms. The minimum Gasteiger partial charge on any atom is -0.479 e. The van der Waals surface area contributed by atoms with E-state index in [1.807, 2.05) is 31.6 Å². The van der Waals surface area contributed by atoms with E-state index in [1.165, 1.54) is 0 Å². The molecule has 1 aliphatic heterocycles. The summed E-state index contributed by atoms with van der Waals surface area (Å²) in [6, 6.07) is 0.296. The predicted molar refractivity (Wildman–Crippen MR) is 92.2 cm³/mol. The maximum atomic E-state index is 12.2. The second-order valence-corrected chi connectivity index (χ2v) is 7.68. The molecular formula is C15H24IN3O3. The molecule has 1 amide bonds. The first-order chi connectivity index (χ1) is 10.3. The van der Waals surface area contributed by atoms with Crippen LogP contribution < -0.4 is 4.74 Å². The molecule has 124 valence electrons. The van der Waals surface area contributed by atoms with Crippen molar-refractivity contribution < 1.29 is 14.3 Å². The van der Waals surface area contributed by atoms with Crippen molar-refractivity contribution in [2.75, 3.05) is 20.2 Å². The van der Waals surface area contributed by atoms with E-state index in [2.05, 4.69) is 27.7 Å². The molecule has 1 atom stereocenters. The molecule has 0 spiro atoms. The highest BCUT2D eigenvalue weighted by molar-refractivity contribution is 14.1. The lowest BCUT2D eigenvalue weighted by Crippen LogP contribution is -2.37. The molecule has 0 bridgehead atoms. The summed E-state index contributed by atoms with van der Waals surface area (Å²) in [5.41, 5.74) is -0.450. The smallest absolute Gasteiger partial charge is 0.410 e. The minimum atomic E-state index is -0.450. The van der Waals surface area contributed by atoms with Crippen molar-refractivity contribution in [2.45, 2.75) is 51.7 Å². The van der Waals surface area contributed by atoms with Gasteiger partial charge in [0.2, 0.25) is 5.88 Å². The van der Waals surface area contributed by atoms with E-state index in [0.717, 1.165) is 29.4 Å². The number of aromatic nitrogens is 2. The molecular weight excluding hydrogens is 397 g/mol. The minimum absolute atomic E-state index is 0.222. The fourth-order valence-electron chi connectivity index (χ4n) is 2.53. The number of ether oxygens (including phenoxy) is 2. The van der Waals surface area contributed by atoms with Crippen LogP contribution in [0, 0.1) is 3.57 Å². The molecule has 0 N–H and O–H groups in total. The van der Waals surface area contributed by atoms with Crippen molar-refractivity contribution >= 4 is 28.7 Å². The van der Waals surface area contributed by atoms with Crippen LogP contribution in [0.15, 0.2) is 6.20 Å². The molecule has 0 aromatic carbocycles. The van der Waals surface area contributed by atoms with Crippen molar-refractivity contribution in [1.29, 1.82) is 0 Å². The van der Waals surface area contributed by atoms with E-state index in [9.17, 15) is 4.79 Å². The third-order valence-corrected chi connectivity index (χ3v) is 4.31. The lowest BCUT2D eigenvalue weighted by atomic mass is 10.1. The summed E-state index contributed by atoms with van der Waals surface area (Å²) >= 11 is 2.22. The molecule has 1 fully saturated rings. The molecule has 7 heteroatoms. The summed E-state index contributed by atoms with van der Waals surface area (Å²) in [5.74, 6) is 0.661. The van der Waals surface area contributed by atoms with Crippen LogP contribution in [0.3, 0.4) is 0 Å². The van der Waals surface area contributed by atoms with E-state index in [4.69, 9.17) is 9.47 Å². The summed E-state index contributed by atoms with van der Waals surface area (Å²) in [6.07, 6.45) is 4.61. The van der Waals surface area contributed by atoms with Gasteiger partial charge in [0.25, 0.3) is 0 Å². The molecule has 2 rings (SSSR count). The average molecular weight is 421 g/mol. The Morgan fingerprint density at radius 2 is 2.09 bits per heavy atom. The number of hydrogen-bond donors (Lipinski definition) is 0. The van der Waals surface area contributed by atoms with Gasteiger partial charge in [-0.2, -0.15) is 0 Å². The summed E-state index contributed by atoms with van der Waals surface area (Å²) < 4.78 is 13.7. The molecule has 1 aromatic rings. The number of rotatable bonds is 2. The zero-order valence-corrected chi connectivity index (χ0v) is 15.8. The number of methoxy groups -OCH3 is 1. The van der Waals surface area contributed by atoms with Crippen molar-refractivity contribution in [3.63, 3.8) is 0 Å². The summed E-state index contributed by atoms with van der Waals surface area (Å²) in [6.45, 7) is 7.11. The number of halogens is 1. The van der Waals surface area contributed by atoms with Gasteiger partial charge in [-0.3, -0.25) is 4.68 Å². The van der Waals surface area contributed by atoms with Crippen LogP contribution in [0.1, 0.15) is 46.1 Å². The van der Waals surface area contributed by atoms with Crippen molar-refractivity contribution in [3.8, 4) is 5.88 Å². The quantitative estimate of drug-likeness (QED) is 0.687. The first-order valence-electron chi connectivity index (χ1n) is 7.56. The third-order valence-electron chi connectivity index (χ3n) is 3.57. The second-order valence-electron chi connectivity index (χ2n) is 6.52. The van der Waals surface area contributed by atoms with Gasteiger partial charge < -0.3 is 14.4 Å². The summed E-state index contributed by atoms with van der Waals surface area (Å²) in [7, 11) is 1.63. The number of nitrogens with zero attached hydrogens (tertiary/aromatic N) is 3. The fourth-order valence-corrected chi connectivity index (χ4v) is 3.14. The van der Waals surface area contributed by atoms with Crippen molar-refractivity contribution in [1.82, 2.24) is 14.7 Å². The van der Waals surface area contributed by atoms with Crippen LogP contribution >= 0.6 is 22.6 Å². The van der Waals surface area contributed by atoms with E-state index in [0.29, 0.717) is 18.5 Å². The zero-order valence-electron chi connectivity index (χ0n) is 13.6. The van der Waals surface area contributed by atoms with Gasteiger partial charge in [-0.15, -0.1) is 5.10 Å². The Labute approximate surface area is 145 Å². The number of hydrogen-bond acceptors (Lipinski definition) is 4. The Bertz CT molecular complexity index is 525. The zero-order chi connectivity index (χ0) is 16.3. The molecule has 6 nitrogen and oxygen atoms in total. The number of amides is 1. The molecule has 1 saturated heterocycles. The molecule has 0 radical (unpaired) electrons. The standard InChI is InChI=1S/C15H24IN3O3/c1-15(2,3)22-14(20)18-8-5-6-11(7-9-18)19-10-12(16)13(17-19)21-4/h10-11H,5-9H2,1-4H3. The van der Waals surface area contributed by atoms with E-state index in [-0.39, 0.29) is 6.09 Å². The monoisotopic (exact) mass is 421 g/mol. The Morgan fingerprint density at radius 1 is 1.36 bits per heavy atom. The van der Waals surface area contributed by atoms with Crippen LogP contribution in [0.4, 0.5) is 4.79 Å². The van der Waals surface area contributed by atoms with Gasteiger partial charge in [0.05, 0.1) is 16.7 Å². The van der Waals surface area contributed by atoms with Crippen molar-refractivity contribution in [2.24, 2.45) is 0 Å². The van der Waals surface area contributed by atoms with Gasteiger partial charge in [0.1, 0.15) is 5.60 Å². The molecule has 1 aromatic heterocycles. The average Bonchev–Trinajstić information content (AvgIpc) is 2.64. The Balaban J connectivity index is 1.98. The number of carbonyl (C=O) groups excluding carboxylic acids is 1. The first kappa shape index (κ1) is 17.4. The van der Waals surface area contributed by atoms with Gasteiger partial charge in [-0.25, -0.2) is 4.79 Å². The first-order valence-corrected chi connectivity index (χ1v) is 8.64. The van der Waals surface area contributed by atoms with E-state index >= 15 is 0 Å². The van der Waals surface area contributed by atoms with Gasteiger partial charge in [-0.05, 0) is 62.6 Å². The Kier molecular flexibility index (Phi) is 5.57. The van der Waals surface area contributed by atoms with Crippen molar-refractivity contribution in [3.05, 3.63) is 9.77 Å². The summed E-state index contributed by atoms with van der Waals surface area (Å²) in [5, 5.41) is 4.48. The van der Waals surface area contributed by atoms with Crippen LogP contribution in [-0.2, 0) is 4.74 Å². The molecule has 0 aliphatic carbocycles. The van der Waals surface area contributed by atoms with Crippen LogP contribution in [0.25, 0.3) is 0 Å². The largest absolute Gasteiger partial charge is 0.479 e. The van der Waals surface area contributed by atoms with Crippen LogP contribution in [0.2, 0.25) is 0 Å². The van der Waals surface area contributed by atoms with E-state index < -0.39 is 5.60 Å².